The number of methoxy groups -OCH3 is 1. The van der Waals surface area contributed by atoms with Crippen LogP contribution in [-0.2, 0) is 17.6 Å². The molecular weight excluding hydrogens is 330 g/mol. The molecule has 0 spiro atoms. The monoisotopic (exact) mass is 353 g/mol. The van der Waals surface area contributed by atoms with Gasteiger partial charge in [0.1, 0.15) is 5.75 Å². The summed E-state index contributed by atoms with van der Waals surface area (Å²) in [6, 6.07) is 14.6. The fourth-order valence-corrected chi connectivity index (χ4v) is 3.51. The zero-order chi connectivity index (χ0) is 18.5. The highest BCUT2D eigenvalue weighted by Gasteiger charge is 2.26. The largest absolute Gasteiger partial charge is 0.496 e. The highest BCUT2D eigenvalue weighted by Crippen LogP contribution is 2.24. The predicted molar refractivity (Wildman–Crippen MR) is 98.5 cm³/mol. The lowest BCUT2D eigenvalue weighted by molar-refractivity contribution is -0.129. The molecule has 1 amide bonds. The van der Waals surface area contributed by atoms with Crippen LogP contribution in [0.5, 0.6) is 5.75 Å². The number of carbonyl (C=O) groups excluding carboxylic acids is 1. The molecule has 5 nitrogen and oxygen atoms in total. The second kappa shape index (κ2) is 8.04. The van der Waals surface area contributed by atoms with Crippen molar-refractivity contribution in [2.45, 2.75) is 19.3 Å². The van der Waals surface area contributed by atoms with E-state index in [9.17, 15) is 9.59 Å². The Morgan fingerprint density at radius 3 is 2.77 bits per heavy atom. The van der Waals surface area contributed by atoms with E-state index in [4.69, 9.17) is 9.84 Å². The van der Waals surface area contributed by atoms with E-state index in [1.54, 1.807) is 25.3 Å². The smallest absolute Gasteiger partial charge is 0.335 e. The number of amides is 1. The molecule has 5 heteroatoms. The molecule has 2 aromatic rings. The number of hydrogen-bond acceptors (Lipinski definition) is 3. The number of carboxylic acid groups (broad SMARTS) is 1. The van der Waals surface area contributed by atoms with Crippen molar-refractivity contribution in [3.05, 3.63) is 65.2 Å². The number of aromatic carboxylic acids is 1. The van der Waals surface area contributed by atoms with Gasteiger partial charge in [0.05, 0.1) is 19.1 Å². The topological polar surface area (TPSA) is 66.8 Å². The SMILES string of the molecule is COc1ccccc1CC(=O)N1CC[C@H](Cc2cccc(C(=O)O)c2)C1. The highest BCUT2D eigenvalue weighted by atomic mass is 16.5. The molecule has 1 atom stereocenters. The number of carbonyl (C=O) groups is 2. The van der Waals surface area contributed by atoms with Crippen LogP contribution >= 0.6 is 0 Å². The maximum Gasteiger partial charge on any atom is 0.335 e. The fraction of sp³-hybridized carbons (Fsp3) is 0.333. The summed E-state index contributed by atoms with van der Waals surface area (Å²) in [5.41, 5.74) is 2.22. The summed E-state index contributed by atoms with van der Waals surface area (Å²) in [6.07, 6.45) is 2.07. The van der Waals surface area contributed by atoms with Crippen LogP contribution in [0.4, 0.5) is 0 Å². The number of hydrogen-bond donors (Lipinski definition) is 1. The third-order valence-corrected chi connectivity index (χ3v) is 4.87. The molecule has 1 fully saturated rings. The molecule has 26 heavy (non-hydrogen) atoms. The van der Waals surface area contributed by atoms with E-state index in [1.807, 2.05) is 35.2 Å². The second-order valence-electron chi connectivity index (χ2n) is 6.69. The molecule has 3 rings (SSSR count). The van der Waals surface area contributed by atoms with Crippen molar-refractivity contribution >= 4 is 11.9 Å². The van der Waals surface area contributed by atoms with Crippen molar-refractivity contribution in [1.29, 1.82) is 0 Å². The van der Waals surface area contributed by atoms with Crippen molar-refractivity contribution in [2.24, 2.45) is 5.92 Å². The van der Waals surface area contributed by atoms with E-state index < -0.39 is 5.97 Å². The van der Waals surface area contributed by atoms with Crippen LogP contribution in [0.3, 0.4) is 0 Å². The van der Waals surface area contributed by atoms with Crippen LogP contribution in [0, 0.1) is 5.92 Å². The summed E-state index contributed by atoms with van der Waals surface area (Å²) in [5, 5.41) is 9.10. The minimum Gasteiger partial charge on any atom is -0.496 e. The average molecular weight is 353 g/mol. The van der Waals surface area contributed by atoms with Gasteiger partial charge in [0.15, 0.2) is 0 Å². The summed E-state index contributed by atoms with van der Waals surface area (Å²) in [6.45, 7) is 1.46. The van der Waals surface area contributed by atoms with Crippen molar-refractivity contribution in [2.75, 3.05) is 20.2 Å². The Hall–Kier alpha value is -2.82. The summed E-state index contributed by atoms with van der Waals surface area (Å²) < 4.78 is 5.32. The molecule has 0 aliphatic carbocycles. The van der Waals surface area contributed by atoms with Crippen LogP contribution in [0.25, 0.3) is 0 Å². The molecule has 136 valence electrons. The van der Waals surface area contributed by atoms with E-state index in [2.05, 4.69) is 0 Å². The quantitative estimate of drug-likeness (QED) is 0.867. The van der Waals surface area contributed by atoms with E-state index >= 15 is 0 Å². The average Bonchev–Trinajstić information content (AvgIpc) is 3.11. The Morgan fingerprint density at radius 2 is 2.00 bits per heavy atom. The Bertz CT molecular complexity index is 802. The third kappa shape index (κ3) is 4.23. The Morgan fingerprint density at radius 1 is 1.19 bits per heavy atom. The van der Waals surface area contributed by atoms with Crippen LogP contribution < -0.4 is 4.74 Å². The first-order chi connectivity index (χ1) is 12.6. The minimum absolute atomic E-state index is 0.108. The predicted octanol–water partition coefficient (Wildman–Crippen LogP) is 3.03. The molecule has 1 aliphatic rings. The van der Waals surface area contributed by atoms with Gasteiger partial charge in [-0.3, -0.25) is 4.79 Å². The van der Waals surface area contributed by atoms with Gasteiger partial charge in [0.2, 0.25) is 5.91 Å². The Labute approximate surface area is 153 Å². The molecule has 0 saturated carbocycles. The lowest BCUT2D eigenvalue weighted by Gasteiger charge is -2.17. The van der Waals surface area contributed by atoms with Gasteiger partial charge in [-0.15, -0.1) is 0 Å². The van der Waals surface area contributed by atoms with Gasteiger partial charge in [0, 0.05) is 18.7 Å². The number of para-hydroxylation sites is 1. The highest BCUT2D eigenvalue weighted by molar-refractivity contribution is 5.87. The van der Waals surface area contributed by atoms with Gasteiger partial charge in [0.25, 0.3) is 0 Å². The zero-order valence-electron chi connectivity index (χ0n) is 14.9. The maximum atomic E-state index is 12.6. The number of ether oxygens (including phenoxy) is 1. The van der Waals surface area contributed by atoms with E-state index in [0.29, 0.717) is 24.4 Å². The van der Waals surface area contributed by atoms with Crippen LogP contribution in [0.15, 0.2) is 48.5 Å². The minimum atomic E-state index is -0.910. The van der Waals surface area contributed by atoms with Crippen molar-refractivity contribution in [3.8, 4) is 5.75 Å². The summed E-state index contributed by atoms with van der Waals surface area (Å²) in [5.74, 6) is 0.297. The third-order valence-electron chi connectivity index (χ3n) is 4.87. The summed E-state index contributed by atoms with van der Waals surface area (Å²) in [7, 11) is 1.61. The Kier molecular flexibility index (Phi) is 5.56. The molecular formula is C21H23NO4. The molecule has 2 aromatic carbocycles. The van der Waals surface area contributed by atoms with E-state index in [1.165, 1.54) is 0 Å². The van der Waals surface area contributed by atoms with Crippen LogP contribution in [-0.4, -0.2) is 42.1 Å². The van der Waals surface area contributed by atoms with E-state index in [-0.39, 0.29) is 5.91 Å². The fourth-order valence-electron chi connectivity index (χ4n) is 3.51. The lowest BCUT2D eigenvalue weighted by atomic mass is 9.97. The van der Waals surface area contributed by atoms with Crippen molar-refractivity contribution in [3.63, 3.8) is 0 Å². The summed E-state index contributed by atoms with van der Waals surface area (Å²) >= 11 is 0. The zero-order valence-corrected chi connectivity index (χ0v) is 14.9. The summed E-state index contributed by atoms with van der Waals surface area (Å²) in [4.78, 5) is 25.6. The normalized spacial score (nSPS) is 16.5. The van der Waals surface area contributed by atoms with Crippen molar-refractivity contribution < 1.29 is 19.4 Å². The molecule has 0 unspecified atom stereocenters. The van der Waals surface area contributed by atoms with Crippen LogP contribution in [0.1, 0.15) is 27.9 Å². The number of nitrogens with zero attached hydrogens (tertiary/aromatic N) is 1. The number of carboxylic acids is 1. The van der Waals surface area contributed by atoms with Gasteiger partial charge in [-0.05, 0) is 42.5 Å². The molecule has 0 radical (unpaired) electrons. The van der Waals surface area contributed by atoms with Crippen LogP contribution in [0.2, 0.25) is 0 Å². The number of likely N-dealkylation sites (tertiary alicyclic amines) is 1. The molecule has 1 N–H and O–H groups in total. The lowest BCUT2D eigenvalue weighted by Crippen LogP contribution is -2.30. The molecule has 1 saturated heterocycles. The maximum absolute atomic E-state index is 12.6. The van der Waals surface area contributed by atoms with Gasteiger partial charge in [-0.1, -0.05) is 30.3 Å². The first kappa shape index (κ1) is 18.0. The van der Waals surface area contributed by atoms with E-state index in [0.717, 1.165) is 36.3 Å². The first-order valence-corrected chi connectivity index (χ1v) is 8.78. The molecule has 1 heterocycles. The van der Waals surface area contributed by atoms with Crippen molar-refractivity contribution in [1.82, 2.24) is 4.90 Å². The first-order valence-electron chi connectivity index (χ1n) is 8.78. The van der Waals surface area contributed by atoms with Gasteiger partial charge < -0.3 is 14.7 Å². The van der Waals surface area contributed by atoms with Gasteiger partial charge in [-0.2, -0.15) is 0 Å². The van der Waals surface area contributed by atoms with Gasteiger partial charge >= 0.3 is 5.97 Å². The second-order valence-corrected chi connectivity index (χ2v) is 6.69. The molecule has 1 aliphatic heterocycles. The standard InChI is InChI=1S/C21H23NO4/c1-26-19-8-3-2-6-17(19)13-20(23)22-10-9-16(14-22)11-15-5-4-7-18(12-15)21(24)25/h2-8,12,16H,9-11,13-14H2,1H3,(H,24,25)/t16-/m1/s1. The number of benzene rings is 2. The number of rotatable bonds is 6. The Balaban J connectivity index is 1.59. The molecule has 0 aromatic heterocycles. The van der Waals surface area contributed by atoms with Gasteiger partial charge in [-0.25, -0.2) is 4.79 Å². The molecule has 0 bridgehead atoms.